The summed E-state index contributed by atoms with van der Waals surface area (Å²) in [4.78, 5) is -0.407. The zero-order chi connectivity index (χ0) is 11.9. The highest BCUT2D eigenvalue weighted by molar-refractivity contribution is 9.10. The molecule has 0 radical (unpaired) electrons. The van der Waals surface area contributed by atoms with Crippen molar-refractivity contribution in [2.45, 2.75) is 9.79 Å². The van der Waals surface area contributed by atoms with Gasteiger partial charge in [-0.25, -0.2) is 22.0 Å². The summed E-state index contributed by atoms with van der Waals surface area (Å²) in [5.74, 6) is 0. The third kappa shape index (κ3) is 3.15. The molecule has 0 aliphatic heterocycles. The molecule has 0 saturated heterocycles. The summed E-state index contributed by atoms with van der Waals surface area (Å²) in [5.41, 5.74) is 0. The maximum atomic E-state index is 11.0. The van der Waals surface area contributed by atoms with Crippen LogP contribution in [0.1, 0.15) is 0 Å². The Labute approximate surface area is 99.8 Å². The number of hydrogen-bond acceptors (Lipinski definition) is 4. The molecule has 0 aliphatic carbocycles. The monoisotopic (exact) mass is 333 g/mol. The van der Waals surface area contributed by atoms with Crippen molar-refractivity contribution in [3.63, 3.8) is 0 Å². The number of benzene rings is 1. The van der Waals surface area contributed by atoms with Crippen LogP contribution in [-0.4, -0.2) is 16.8 Å². The summed E-state index contributed by atoms with van der Waals surface area (Å²) in [7, 11) is -2.67. The van der Waals surface area contributed by atoms with Gasteiger partial charge in [0, 0.05) is 15.2 Å². The Morgan fingerprint density at radius 3 is 2.07 bits per heavy atom. The normalized spacial score (nSPS) is 12.7. The quantitative estimate of drug-likeness (QED) is 0.817. The number of rotatable bonds is 2. The minimum Gasteiger partial charge on any atom is -0.225 e. The van der Waals surface area contributed by atoms with Crippen LogP contribution in [0.4, 0.5) is 0 Å². The standard InChI is InChI=1S/C6H5BrClNO4S2/c7-5-3-4(15(9,12)13)1-2-6(5)14(8,10)11/h1-3H,(H2,9,12,13). The van der Waals surface area contributed by atoms with Crippen molar-refractivity contribution >= 4 is 45.7 Å². The van der Waals surface area contributed by atoms with E-state index in [-0.39, 0.29) is 14.3 Å². The average molecular weight is 335 g/mol. The molecule has 5 nitrogen and oxygen atoms in total. The summed E-state index contributed by atoms with van der Waals surface area (Å²) in [5, 5.41) is 4.85. The molecule has 0 fully saturated rings. The van der Waals surface area contributed by atoms with Crippen molar-refractivity contribution in [2.24, 2.45) is 5.14 Å². The van der Waals surface area contributed by atoms with Gasteiger partial charge in [0.1, 0.15) is 0 Å². The number of halogens is 2. The summed E-state index contributed by atoms with van der Waals surface area (Å²) in [6.45, 7) is 0. The van der Waals surface area contributed by atoms with Crippen molar-refractivity contribution in [3.05, 3.63) is 22.7 Å². The Balaban J connectivity index is 3.47. The predicted molar refractivity (Wildman–Crippen MR) is 58.6 cm³/mol. The molecule has 15 heavy (non-hydrogen) atoms. The van der Waals surface area contributed by atoms with Crippen LogP contribution in [0.15, 0.2) is 32.5 Å². The fourth-order valence-corrected chi connectivity index (χ4v) is 3.77. The van der Waals surface area contributed by atoms with Crippen LogP contribution in [0.2, 0.25) is 0 Å². The summed E-state index contributed by atoms with van der Waals surface area (Å²) in [6, 6.07) is 3.20. The Morgan fingerprint density at radius 2 is 1.73 bits per heavy atom. The van der Waals surface area contributed by atoms with E-state index in [1.54, 1.807) is 0 Å². The molecule has 1 aromatic carbocycles. The van der Waals surface area contributed by atoms with E-state index >= 15 is 0 Å². The van der Waals surface area contributed by atoms with E-state index in [4.69, 9.17) is 15.8 Å². The second-order valence-electron chi connectivity index (χ2n) is 2.58. The van der Waals surface area contributed by atoms with E-state index in [2.05, 4.69) is 15.9 Å². The molecule has 0 aliphatic rings. The Hall–Kier alpha value is -0.150. The van der Waals surface area contributed by atoms with Crippen molar-refractivity contribution < 1.29 is 16.8 Å². The Morgan fingerprint density at radius 1 is 1.20 bits per heavy atom. The van der Waals surface area contributed by atoms with Crippen molar-refractivity contribution in [1.29, 1.82) is 0 Å². The van der Waals surface area contributed by atoms with E-state index in [9.17, 15) is 16.8 Å². The van der Waals surface area contributed by atoms with E-state index < -0.39 is 19.1 Å². The van der Waals surface area contributed by atoms with Gasteiger partial charge in [-0.15, -0.1) is 0 Å². The van der Waals surface area contributed by atoms with Gasteiger partial charge in [-0.2, -0.15) is 0 Å². The zero-order valence-corrected chi connectivity index (χ0v) is 11.0. The molecule has 1 rings (SSSR count). The summed E-state index contributed by atoms with van der Waals surface area (Å²) < 4.78 is 43.8. The summed E-state index contributed by atoms with van der Waals surface area (Å²) >= 11 is 2.89. The zero-order valence-electron chi connectivity index (χ0n) is 7.01. The Kier molecular flexibility index (Phi) is 3.46. The predicted octanol–water partition coefficient (Wildman–Crippen LogP) is 1.02. The molecule has 84 valence electrons. The van der Waals surface area contributed by atoms with E-state index in [1.165, 1.54) is 0 Å². The molecule has 0 saturated carbocycles. The minimum atomic E-state index is -3.91. The largest absolute Gasteiger partial charge is 0.262 e. The smallest absolute Gasteiger partial charge is 0.225 e. The lowest BCUT2D eigenvalue weighted by atomic mass is 10.4. The van der Waals surface area contributed by atoms with Crippen LogP contribution < -0.4 is 5.14 Å². The molecule has 0 unspecified atom stereocenters. The first-order chi connectivity index (χ1) is 6.62. The number of sulfonamides is 1. The number of hydrogen-bond donors (Lipinski definition) is 1. The van der Waals surface area contributed by atoms with Crippen molar-refractivity contribution in [3.8, 4) is 0 Å². The molecule has 9 heteroatoms. The van der Waals surface area contributed by atoms with Gasteiger partial charge >= 0.3 is 0 Å². The van der Waals surface area contributed by atoms with Gasteiger partial charge in [0.15, 0.2) is 0 Å². The minimum absolute atomic E-state index is 0.0454. The van der Waals surface area contributed by atoms with Crippen LogP contribution in [-0.2, 0) is 19.1 Å². The lowest BCUT2D eigenvalue weighted by Crippen LogP contribution is -2.12. The molecule has 0 atom stereocenters. The van der Waals surface area contributed by atoms with Crippen molar-refractivity contribution in [1.82, 2.24) is 0 Å². The number of nitrogens with two attached hydrogens (primary N) is 1. The van der Waals surface area contributed by atoms with Gasteiger partial charge in [-0.1, -0.05) is 0 Å². The first-order valence-electron chi connectivity index (χ1n) is 3.39. The van der Waals surface area contributed by atoms with Gasteiger partial charge in [-0.3, -0.25) is 0 Å². The third-order valence-corrected chi connectivity index (χ3v) is 4.70. The Bertz CT molecular complexity index is 596. The molecule has 0 aromatic heterocycles. The molecule has 0 heterocycles. The van der Waals surface area contributed by atoms with Gasteiger partial charge in [0.2, 0.25) is 10.0 Å². The second-order valence-corrected chi connectivity index (χ2v) is 7.53. The maximum absolute atomic E-state index is 11.0. The van der Waals surface area contributed by atoms with Crippen LogP contribution in [0.3, 0.4) is 0 Å². The molecular formula is C6H5BrClNO4S2. The lowest BCUT2D eigenvalue weighted by molar-refractivity contribution is 0.596. The third-order valence-electron chi connectivity index (χ3n) is 1.49. The highest BCUT2D eigenvalue weighted by atomic mass is 79.9. The first-order valence-corrected chi connectivity index (χ1v) is 8.04. The van der Waals surface area contributed by atoms with Crippen LogP contribution in [0, 0.1) is 0 Å². The highest BCUT2D eigenvalue weighted by Gasteiger charge is 2.17. The van der Waals surface area contributed by atoms with Crippen LogP contribution >= 0.6 is 26.6 Å². The fourth-order valence-electron chi connectivity index (χ4n) is 0.856. The molecule has 1 aromatic rings. The highest BCUT2D eigenvalue weighted by Crippen LogP contribution is 2.27. The first kappa shape index (κ1) is 12.9. The average Bonchev–Trinajstić information content (AvgIpc) is 1.99. The fraction of sp³-hybridized carbons (Fsp3) is 0. The summed E-state index contributed by atoms with van der Waals surface area (Å²) in [6.07, 6.45) is 0. The maximum Gasteiger partial charge on any atom is 0.262 e. The SMILES string of the molecule is NS(=O)(=O)c1ccc(S(=O)(=O)Cl)c(Br)c1. The van der Waals surface area contributed by atoms with Gasteiger partial charge in [0.05, 0.1) is 9.79 Å². The van der Waals surface area contributed by atoms with E-state index in [0.29, 0.717) is 0 Å². The van der Waals surface area contributed by atoms with Gasteiger partial charge < -0.3 is 0 Å². The number of primary sulfonamides is 1. The lowest BCUT2D eigenvalue weighted by Gasteiger charge is -2.02. The van der Waals surface area contributed by atoms with Crippen molar-refractivity contribution in [2.75, 3.05) is 0 Å². The molecule has 2 N–H and O–H groups in total. The van der Waals surface area contributed by atoms with E-state index in [0.717, 1.165) is 18.2 Å². The topological polar surface area (TPSA) is 94.3 Å². The van der Waals surface area contributed by atoms with Crippen LogP contribution in [0.5, 0.6) is 0 Å². The molecule has 0 spiro atoms. The second kappa shape index (κ2) is 4.02. The molecule has 0 amide bonds. The molecular weight excluding hydrogens is 330 g/mol. The van der Waals surface area contributed by atoms with Crippen LogP contribution in [0.25, 0.3) is 0 Å². The van der Waals surface area contributed by atoms with E-state index in [1.807, 2.05) is 0 Å². The van der Waals surface area contributed by atoms with Gasteiger partial charge in [0.25, 0.3) is 9.05 Å². The molecule has 0 bridgehead atoms. The van der Waals surface area contributed by atoms with Gasteiger partial charge in [-0.05, 0) is 34.1 Å².